The Bertz CT molecular complexity index is 1220. The minimum Gasteiger partial charge on any atom is -0.461 e. The maximum absolute atomic E-state index is 13.5. The molecule has 192 valence electrons. The molecule has 4 rings (SSSR count). The largest absolute Gasteiger partial charge is 0.461 e. The zero-order valence-electron chi connectivity index (χ0n) is 21.1. The SMILES string of the molecule is CCc1ccc([C@@H]2[C@H](C(=O)OCc3ccccc3)C(=O)C[C@](C)(O)[C@H]2C(=O)OCc2ccccc2)cc1. The summed E-state index contributed by atoms with van der Waals surface area (Å²) in [5.41, 5.74) is 1.56. The molecular formula is C31H32O6. The number of Topliss-reactive ketones (excluding diaryl/α,β-unsaturated/α-hetero) is 1. The second-order valence-corrected chi connectivity index (χ2v) is 9.76. The number of ketones is 1. The standard InChI is InChI=1S/C31H32O6/c1-3-21-14-16-24(17-15-21)26-27(29(33)36-19-22-10-6-4-7-11-22)25(32)18-31(2,35)28(26)30(34)37-20-23-12-8-5-9-13-23/h4-17,26-28,35H,3,18-20H2,1-2H3/t26-,27-,28-,31+/m1/s1. The number of esters is 2. The third-order valence-corrected chi connectivity index (χ3v) is 7.00. The van der Waals surface area contributed by atoms with Gasteiger partial charge in [0.05, 0.1) is 11.5 Å². The third-order valence-electron chi connectivity index (χ3n) is 7.00. The lowest BCUT2D eigenvalue weighted by molar-refractivity contribution is -0.174. The molecule has 1 saturated carbocycles. The number of hydrogen-bond acceptors (Lipinski definition) is 6. The van der Waals surface area contributed by atoms with Crippen LogP contribution in [0.2, 0.25) is 0 Å². The molecule has 6 nitrogen and oxygen atoms in total. The van der Waals surface area contributed by atoms with Gasteiger partial charge in [0.15, 0.2) is 5.78 Å². The molecule has 3 aromatic carbocycles. The smallest absolute Gasteiger partial charge is 0.317 e. The summed E-state index contributed by atoms with van der Waals surface area (Å²) < 4.78 is 11.2. The van der Waals surface area contributed by atoms with Crippen LogP contribution in [0, 0.1) is 11.8 Å². The highest BCUT2D eigenvalue weighted by molar-refractivity contribution is 6.02. The first-order valence-corrected chi connectivity index (χ1v) is 12.5. The minimum atomic E-state index is -1.70. The van der Waals surface area contributed by atoms with E-state index < -0.39 is 41.1 Å². The number of hydrogen-bond donors (Lipinski definition) is 1. The summed E-state index contributed by atoms with van der Waals surface area (Å²) in [6, 6.07) is 25.8. The van der Waals surface area contributed by atoms with E-state index in [2.05, 4.69) is 0 Å². The van der Waals surface area contributed by atoms with Gasteiger partial charge in [-0.25, -0.2) is 0 Å². The Labute approximate surface area is 217 Å². The van der Waals surface area contributed by atoms with Crippen LogP contribution in [0.1, 0.15) is 48.4 Å². The van der Waals surface area contributed by atoms with Crippen molar-refractivity contribution in [2.75, 3.05) is 0 Å². The van der Waals surface area contributed by atoms with Gasteiger partial charge in [-0.1, -0.05) is 91.9 Å². The summed E-state index contributed by atoms with van der Waals surface area (Å²) >= 11 is 0. The van der Waals surface area contributed by atoms with Crippen LogP contribution in [-0.4, -0.2) is 28.4 Å². The van der Waals surface area contributed by atoms with Gasteiger partial charge in [0, 0.05) is 12.3 Å². The molecule has 37 heavy (non-hydrogen) atoms. The fourth-order valence-corrected chi connectivity index (χ4v) is 5.03. The Balaban J connectivity index is 1.67. The van der Waals surface area contributed by atoms with E-state index in [1.807, 2.05) is 91.9 Å². The van der Waals surface area contributed by atoms with Crippen LogP contribution in [0.4, 0.5) is 0 Å². The van der Waals surface area contributed by atoms with Crippen molar-refractivity contribution < 1.29 is 29.0 Å². The fourth-order valence-electron chi connectivity index (χ4n) is 5.03. The zero-order valence-corrected chi connectivity index (χ0v) is 21.1. The molecule has 0 saturated heterocycles. The summed E-state index contributed by atoms with van der Waals surface area (Å²) in [5.74, 6) is -5.16. The molecule has 1 aliphatic rings. The van der Waals surface area contributed by atoms with E-state index in [1.165, 1.54) is 6.92 Å². The molecule has 0 radical (unpaired) electrons. The lowest BCUT2D eigenvalue weighted by atomic mass is 9.61. The first kappa shape index (κ1) is 26.3. The molecule has 0 amide bonds. The summed E-state index contributed by atoms with van der Waals surface area (Å²) in [6.07, 6.45) is 0.458. The van der Waals surface area contributed by atoms with Gasteiger partial charge in [-0.05, 0) is 35.6 Å². The minimum absolute atomic E-state index is 0.00442. The first-order valence-electron chi connectivity index (χ1n) is 12.5. The maximum Gasteiger partial charge on any atom is 0.317 e. The summed E-state index contributed by atoms with van der Waals surface area (Å²) in [5, 5.41) is 11.3. The Hall–Kier alpha value is -3.77. The molecule has 0 aliphatic heterocycles. The molecule has 6 heteroatoms. The topological polar surface area (TPSA) is 89.9 Å². The Morgan fingerprint density at radius 3 is 1.84 bits per heavy atom. The summed E-state index contributed by atoms with van der Waals surface area (Å²) in [4.78, 5) is 40.2. The summed E-state index contributed by atoms with van der Waals surface area (Å²) in [7, 11) is 0. The summed E-state index contributed by atoms with van der Waals surface area (Å²) in [6.45, 7) is 3.50. The molecule has 0 heterocycles. The van der Waals surface area contributed by atoms with Crippen LogP contribution in [0.5, 0.6) is 0 Å². The van der Waals surface area contributed by atoms with E-state index in [9.17, 15) is 19.5 Å². The molecule has 0 aromatic heterocycles. The number of carbonyl (C=O) groups excluding carboxylic acids is 3. The highest BCUT2D eigenvalue weighted by Gasteiger charge is 2.57. The van der Waals surface area contributed by atoms with Crippen molar-refractivity contribution >= 4 is 17.7 Å². The fraction of sp³-hybridized carbons (Fsp3) is 0.323. The van der Waals surface area contributed by atoms with Gasteiger partial charge in [-0.15, -0.1) is 0 Å². The van der Waals surface area contributed by atoms with Gasteiger partial charge >= 0.3 is 11.9 Å². The highest BCUT2D eigenvalue weighted by atomic mass is 16.5. The van der Waals surface area contributed by atoms with Crippen molar-refractivity contribution in [3.63, 3.8) is 0 Å². The third kappa shape index (κ3) is 6.15. The van der Waals surface area contributed by atoms with Crippen molar-refractivity contribution in [2.24, 2.45) is 11.8 Å². The van der Waals surface area contributed by atoms with Crippen molar-refractivity contribution in [1.29, 1.82) is 0 Å². The number of benzene rings is 3. The van der Waals surface area contributed by atoms with E-state index in [0.717, 1.165) is 23.1 Å². The number of carbonyl (C=O) groups is 3. The molecule has 1 aliphatic carbocycles. The predicted octanol–water partition coefficient (Wildman–Crippen LogP) is 4.78. The average Bonchev–Trinajstić information content (AvgIpc) is 2.90. The average molecular weight is 501 g/mol. The molecule has 1 fully saturated rings. The molecule has 0 bridgehead atoms. The second kappa shape index (κ2) is 11.5. The number of aryl methyl sites for hydroxylation is 1. The van der Waals surface area contributed by atoms with Crippen molar-refractivity contribution in [3.8, 4) is 0 Å². The van der Waals surface area contributed by atoms with Crippen LogP contribution in [0.3, 0.4) is 0 Å². The van der Waals surface area contributed by atoms with E-state index in [1.54, 1.807) is 0 Å². The Kier molecular flexibility index (Phi) is 8.19. The Morgan fingerprint density at radius 2 is 1.32 bits per heavy atom. The van der Waals surface area contributed by atoms with Crippen molar-refractivity contribution in [1.82, 2.24) is 0 Å². The highest BCUT2D eigenvalue weighted by Crippen LogP contribution is 2.47. The molecule has 0 unspecified atom stereocenters. The van der Waals surface area contributed by atoms with Crippen LogP contribution >= 0.6 is 0 Å². The Morgan fingerprint density at radius 1 is 0.811 bits per heavy atom. The molecule has 4 atom stereocenters. The van der Waals surface area contributed by atoms with E-state index in [-0.39, 0.29) is 19.6 Å². The van der Waals surface area contributed by atoms with Crippen molar-refractivity contribution in [2.45, 2.75) is 51.4 Å². The first-order chi connectivity index (χ1) is 17.8. The number of rotatable bonds is 8. The molecular weight excluding hydrogens is 468 g/mol. The lowest BCUT2D eigenvalue weighted by Crippen LogP contribution is -2.55. The number of aliphatic hydroxyl groups is 1. The van der Waals surface area contributed by atoms with Crippen molar-refractivity contribution in [3.05, 3.63) is 107 Å². The second-order valence-electron chi connectivity index (χ2n) is 9.76. The quantitative estimate of drug-likeness (QED) is 0.354. The van der Waals surface area contributed by atoms with Gasteiger partial charge in [-0.3, -0.25) is 14.4 Å². The van der Waals surface area contributed by atoms with Gasteiger partial charge in [0.1, 0.15) is 19.1 Å². The van der Waals surface area contributed by atoms with Gasteiger partial charge in [-0.2, -0.15) is 0 Å². The number of ether oxygens (including phenoxy) is 2. The molecule has 1 N–H and O–H groups in total. The van der Waals surface area contributed by atoms with E-state index in [4.69, 9.17) is 9.47 Å². The normalized spacial score (nSPS) is 23.3. The monoisotopic (exact) mass is 500 g/mol. The zero-order chi connectivity index (χ0) is 26.4. The van der Waals surface area contributed by atoms with Crippen LogP contribution in [0.15, 0.2) is 84.9 Å². The van der Waals surface area contributed by atoms with Crippen LogP contribution < -0.4 is 0 Å². The lowest BCUT2D eigenvalue weighted by Gasteiger charge is -2.43. The van der Waals surface area contributed by atoms with Crippen LogP contribution in [-0.2, 0) is 43.5 Å². The van der Waals surface area contributed by atoms with Gasteiger partial charge in [0.25, 0.3) is 0 Å². The van der Waals surface area contributed by atoms with Gasteiger partial charge < -0.3 is 14.6 Å². The van der Waals surface area contributed by atoms with Crippen LogP contribution in [0.25, 0.3) is 0 Å². The van der Waals surface area contributed by atoms with E-state index in [0.29, 0.717) is 5.56 Å². The predicted molar refractivity (Wildman–Crippen MR) is 138 cm³/mol. The van der Waals surface area contributed by atoms with Gasteiger partial charge in [0.2, 0.25) is 0 Å². The molecule has 0 spiro atoms. The molecule has 3 aromatic rings. The maximum atomic E-state index is 13.5. The van der Waals surface area contributed by atoms with E-state index >= 15 is 0 Å².